The van der Waals surface area contributed by atoms with Crippen LogP contribution in [0.3, 0.4) is 0 Å². The zero-order valence-electron chi connectivity index (χ0n) is 22.0. The van der Waals surface area contributed by atoms with Crippen LogP contribution in [0.25, 0.3) is 0 Å². The highest BCUT2D eigenvalue weighted by Gasteiger charge is 2.32. The summed E-state index contributed by atoms with van der Waals surface area (Å²) in [5, 5.41) is 12.1. The molecule has 10 nitrogen and oxygen atoms in total. The largest absolute Gasteiger partial charge is 0.489 e. The number of urea groups is 1. The summed E-state index contributed by atoms with van der Waals surface area (Å²) in [5.74, 6) is 1.36. The van der Waals surface area contributed by atoms with Gasteiger partial charge in [-0.15, -0.1) is 0 Å². The zero-order chi connectivity index (χ0) is 26.7. The molecule has 0 atom stereocenters. The molecule has 3 heterocycles. The van der Waals surface area contributed by atoms with E-state index >= 15 is 0 Å². The number of anilines is 3. The van der Waals surface area contributed by atoms with E-state index in [2.05, 4.69) is 31.0 Å². The third-order valence-electron chi connectivity index (χ3n) is 6.70. The quantitative estimate of drug-likeness (QED) is 0.390. The number of amides is 3. The van der Waals surface area contributed by atoms with E-state index in [0.29, 0.717) is 34.4 Å². The van der Waals surface area contributed by atoms with Crippen molar-refractivity contribution in [2.24, 2.45) is 0 Å². The monoisotopic (exact) mass is 518 g/mol. The fourth-order valence-corrected chi connectivity index (χ4v) is 4.37. The van der Waals surface area contributed by atoms with E-state index in [1.54, 1.807) is 48.7 Å². The SMILES string of the molecule is CC(C)(C)c1cc(NC(=O)Nc2ccc(NC(=O)c3ccc(OC4CCN(C5CC5)CC4)cn3)cc2)no1. The Labute approximate surface area is 222 Å². The van der Waals surface area contributed by atoms with Crippen molar-refractivity contribution >= 4 is 29.1 Å². The van der Waals surface area contributed by atoms with Crippen LogP contribution in [0.4, 0.5) is 22.0 Å². The van der Waals surface area contributed by atoms with Gasteiger partial charge < -0.3 is 24.8 Å². The van der Waals surface area contributed by atoms with Crippen LogP contribution in [0, 0.1) is 0 Å². The minimum atomic E-state index is -0.449. The maximum Gasteiger partial charge on any atom is 0.324 e. The van der Waals surface area contributed by atoms with Crippen molar-refractivity contribution in [2.75, 3.05) is 29.0 Å². The summed E-state index contributed by atoms with van der Waals surface area (Å²) in [6, 6.07) is 12.3. The third kappa shape index (κ3) is 6.69. The number of ether oxygens (including phenoxy) is 1. The van der Waals surface area contributed by atoms with E-state index in [-0.39, 0.29) is 17.4 Å². The normalized spacial score (nSPS) is 16.6. The maximum absolute atomic E-state index is 12.6. The molecule has 3 N–H and O–H groups in total. The van der Waals surface area contributed by atoms with E-state index in [0.717, 1.165) is 32.0 Å². The molecule has 2 aromatic heterocycles. The van der Waals surface area contributed by atoms with E-state index in [4.69, 9.17) is 9.26 Å². The van der Waals surface area contributed by atoms with Crippen molar-refractivity contribution in [3.05, 3.63) is 60.1 Å². The van der Waals surface area contributed by atoms with Crippen molar-refractivity contribution in [1.82, 2.24) is 15.0 Å². The van der Waals surface area contributed by atoms with Crippen LogP contribution in [-0.2, 0) is 5.41 Å². The smallest absolute Gasteiger partial charge is 0.324 e. The first kappa shape index (κ1) is 25.7. The zero-order valence-corrected chi connectivity index (χ0v) is 22.0. The van der Waals surface area contributed by atoms with Crippen LogP contribution >= 0.6 is 0 Å². The molecule has 3 amide bonds. The molecule has 2 fully saturated rings. The Kier molecular flexibility index (Phi) is 7.33. The first-order valence-electron chi connectivity index (χ1n) is 13.1. The van der Waals surface area contributed by atoms with Gasteiger partial charge in [0.15, 0.2) is 5.82 Å². The average molecular weight is 519 g/mol. The van der Waals surface area contributed by atoms with Crippen LogP contribution in [0.1, 0.15) is 62.7 Å². The summed E-state index contributed by atoms with van der Waals surface area (Å²) in [5.41, 5.74) is 1.23. The van der Waals surface area contributed by atoms with Crippen LogP contribution in [-0.4, -0.2) is 52.2 Å². The van der Waals surface area contributed by atoms with Crippen LogP contribution in [0.2, 0.25) is 0 Å². The summed E-state index contributed by atoms with van der Waals surface area (Å²) in [6.07, 6.45) is 6.50. The number of pyridine rings is 1. The number of rotatable bonds is 7. The van der Waals surface area contributed by atoms with Gasteiger partial charge in [-0.25, -0.2) is 9.78 Å². The molecule has 1 aliphatic carbocycles. The fraction of sp³-hybridized carbons (Fsp3) is 0.429. The second kappa shape index (κ2) is 10.8. The number of likely N-dealkylation sites (tertiary alicyclic amines) is 1. The molecule has 200 valence electrons. The maximum atomic E-state index is 12.6. The topological polar surface area (TPSA) is 122 Å². The number of aromatic nitrogens is 2. The number of hydrogen-bond donors (Lipinski definition) is 3. The van der Waals surface area contributed by atoms with Crippen LogP contribution < -0.4 is 20.7 Å². The van der Waals surface area contributed by atoms with E-state index in [9.17, 15) is 9.59 Å². The number of carbonyl (C=O) groups is 2. The van der Waals surface area contributed by atoms with Gasteiger partial charge in [-0.1, -0.05) is 25.9 Å². The molecule has 0 spiro atoms. The van der Waals surface area contributed by atoms with Gasteiger partial charge in [0.05, 0.1) is 6.20 Å². The summed E-state index contributed by atoms with van der Waals surface area (Å²) >= 11 is 0. The lowest BCUT2D eigenvalue weighted by Gasteiger charge is -2.32. The summed E-state index contributed by atoms with van der Waals surface area (Å²) in [4.78, 5) is 31.8. The van der Waals surface area contributed by atoms with Crippen molar-refractivity contribution in [3.8, 4) is 5.75 Å². The minimum Gasteiger partial charge on any atom is -0.489 e. The second-order valence-electron chi connectivity index (χ2n) is 10.9. The predicted molar refractivity (Wildman–Crippen MR) is 145 cm³/mol. The standard InChI is InChI=1S/C28H34N6O4/c1-28(2,3)24-16-25(33-38-24)32-27(36)31-19-6-4-18(5-7-19)30-26(35)23-11-10-22(17-29-23)37-21-12-14-34(15-13-21)20-8-9-20/h4-7,10-11,16-17,20-21H,8-9,12-15H2,1-3H3,(H,30,35)(H2,31,32,33,36). The van der Waals surface area contributed by atoms with Gasteiger partial charge in [0.1, 0.15) is 23.3 Å². The summed E-state index contributed by atoms with van der Waals surface area (Å²) in [6.45, 7) is 8.16. The van der Waals surface area contributed by atoms with Gasteiger partial charge in [-0.2, -0.15) is 0 Å². The molecule has 0 radical (unpaired) electrons. The number of piperidine rings is 1. The first-order chi connectivity index (χ1) is 18.2. The Morgan fingerprint density at radius 2 is 1.63 bits per heavy atom. The molecular formula is C28H34N6O4. The molecule has 2 aliphatic rings. The minimum absolute atomic E-state index is 0.192. The molecule has 0 bridgehead atoms. The molecule has 1 saturated carbocycles. The Bertz CT molecular complexity index is 1250. The Morgan fingerprint density at radius 3 is 2.21 bits per heavy atom. The van der Waals surface area contributed by atoms with Gasteiger partial charge in [0.25, 0.3) is 5.91 Å². The van der Waals surface area contributed by atoms with Crippen molar-refractivity contribution in [3.63, 3.8) is 0 Å². The highest BCUT2D eigenvalue weighted by molar-refractivity contribution is 6.03. The number of carbonyl (C=O) groups excluding carboxylic acids is 2. The number of benzene rings is 1. The fourth-order valence-electron chi connectivity index (χ4n) is 4.37. The van der Waals surface area contributed by atoms with E-state index < -0.39 is 6.03 Å². The highest BCUT2D eigenvalue weighted by atomic mass is 16.5. The molecule has 0 unspecified atom stereocenters. The summed E-state index contributed by atoms with van der Waals surface area (Å²) < 4.78 is 11.4. The third-order valence-corrected chi connectivity index (χ3v) is 6.70. The van der Waals surface area contributed by atoms with Crippen molar-refractivity contribution < 1.29 is 18.8 Å². The number of hydrogen-bond acceptors (Lipinski definition) is 7. The highest BCUT2D eigenvalue weighted by Crippen LogP contribution is 2.30. The van der Waals surface area contributed by atoms with E-state index in [1.165, 1.54) is 12.8 Å². The second-order valence-corrected chi connectivity index (χ2v) is 10.9. The summed E-state index contributed by atoms with van der Waals surface area (Å²) in [7, 11) is 0. The lowest BCUT2D eigenvalue weighted by atomic mass is 9.93. The Hall–Kier alpha value is -3.92. The van der Waals surface area contributed by atoms with Gasteiger partial charge in [0.2, 0.25) is 0 Å². The molecule has 38 heavy (non-hydrogen) atoms. The number of nitrogens with one attached hydrogen (secondary N) is 3. The molecule has 3 aromatic rings. The predicted octanol–water partition coefficient (Wildman–Crippen LogP) is 5.27. The molecule has 1 saturated heterocycles. The molecule has 5 rings (SSSR count). The lowest BCUT2D eigenvalue weighted by Crippen LogP contribution is -2.39. The number of nitrogens with zero attached hydrogens (tertiary/aromatic N) is 3. The lowest BCUT2D eigenvalue weighted by molar-refractivity contribution is 0.0961. The van der Waals surface area contributed by atoms with Gasteiger partial charge in [0, 0.05) is 42.0 Å². The van der Waals surface area contributed by atoms with Crippen molar-refractivity contribution in [1.29, 1.82) is 0 Å². The van der Waals surface area contributed by atoms with Crippen LogP contribution in [0.5, 0.6) is 5.75 Å². The molecule has 10 heteroatoms. The Morgan fingerprint density at radius 1 is 0.947 bits per heavy atom. The average Bonchev–Trinajstić information content (AvgIpc) is 3.63. The van der Waals surface area contributed by atoms with Crippen LogP contribution in [0.15, 0.2) is 53.2 Å². The molecule has 1 aromatic carbocycles. The van der Waals surface area contributed by atoms with E-state index in [1.807, 2.05) is 20.8 Å². The van der Waals surface area contributed by atoms with Gasteiger partial charge >= 0.3 is 6.03 Å². The van der Waals surface area contributed by atoms with Gasteiger partial charge in [-0.3, -0.25) is 10.1 Å². The van der Waals surface area contributed by atoms with Crippen molar-refractivity contribution in [2.45, 2.75) is 64.0 Å². The molecular weight excluding hydrogens is 484 g/mol. The first-order valence-corrected chi connectivity index (χ1v) is 13.1. The Balaban J connectivity index is 1.08. The van der Waals surface area contributed by atoms with Gasteiger partial charge in [-0.05, 0) is 62.1 Å². The molecule has 1 aliphatic heterocycles.